The summed E-state index contributed by atoms with van der Waals surface area (Å²) < 4.78 is 14.6. The summed E-state index contributed by atoms with van der Waals surface area (Å²) >= 11 is 0. The van der Waals surface area contributed by atoms with E-state index in [9.17, 15) is 4.39 Å². The van der Waals surface area contributed by atoms with Crippen molar-refractivity contribution in [3.63, 3.8) is 0 Å². The summed E-state index contributed by atoms with van der Waals surface area (Å²) in [6.45, 7) is 0.668. The lowest BCUT2D eigenvalue weighted by Gasteiger charge is -2.08. The Kier molecular flexibility index (Phi) is 3.46. The first-order valence-corrected chi connectivity index (χ1v) is 6.40. The van der Waals surface area contributed by atoms with E-state index in [1.165, 1.54) is 12.1 Å². The van der Waals surface area contributed by atoms with Crippen molar-refractivity contribution in [3.8, 4) is 5.69 Å². The van der Waals surface area contributed by atoms with Crippen LogP contribution in [0.25, 0.3) is 5.69 Å². The lowest BCUT2D eigenvalue weighted by molar-refractivity contribution is 0.627. The van der Waals surface area contributed by atoms with Crippen LogP contribution >= 0.6 is 0 Å². The second-order valence-corrected chi connectivity index (χ2v) is 4.48. The molecule has 0 unspecified atom stereocenters. The lowest BCUT2D eigenvalue weighted by atomic mass is 10.2. The molecular formula is C16H14FN3. The fourth-order valence-corrected chi connectivity index (χ4v) is 1.96. The molecule has 0 amide bonds. The Morgan fingerprint density at radius 1 is 1.00 bits per heavy atom. The molecule has 0 radical (unpaired) electrons. The van der Waals surface area contributed by atoms with E-state index < -0.39 is 0 Å². The summed E-state index contributed by atoms with van der Waals surface area (Å²) in [6.07, 6.45) is 3.65. The van der Waals surface area contributed by atoms with Crippen LogP contribution in [0.4, 0.5) is 10.1 Å². The molecule has 0 atom stereocenters. The molecule has 0 spiro atoms. The fraction of sp³-hybridized carbons (Fsp3) is 0.0625. The smallest absolute Gasteiger partial charge is 0.123 e. The molecule has 100 valence electrons. The molecule has 0 saturated heterocycles. The summed E-state index contributed by atoms with van der Waals surface area (Å²) in [6, 6.07) is 16.4. The molecule has 3 aromatic rings. The van der Waals surface area contributed by atoms with Gasteiger partial charge in [0.05, 0.1) is 5.69 Å². The Labute approximate surface area is 116 Å². The molecule has 3 rings (SSSR count). The van der Waals surface area contributed by atoms with E-state index in [2.05, 4.69) is 10.4 Å². The number of hydrogen-bond donors (Lipinski definition) is 1. The van der Waals surface area contributed by atoms with Crippen molar-refractivity contribution in [1.82, 2.24) is 9.78 Å². The number of halogens is 1. The van der Waals surface area contributed by atoms with Crippen molar-refractivity contribution < 1.29 is 4.39 Å². The van der Waals surface area contributed by atoms with Gasteiger partial charge < -0.3 is 5.32 Å². The lowest BCUT2D eigenvalue weighted by Crippen LogP contribution is -2.00. The van der Waals surface area contributed by atoms with Gasteiger partial charge in [0.15, 0.2) is 0 Å². The van der Waals surface area contributed by atoms with E-state index in [-0.39, 0.29) is 5.82 Å². The highest BCUT2D eigenvalue weighted by atomic mass is 19.1. The number of aromatic nitrogens is 2. The standard InChI is InChI=1S/C16H14FN3/c17-14-4-2-13(3-5-14)12-18-15-6-8-16(9-7-15)20-11-1-10-19-20/h1-11,18H,12H2. The normalized spacial score (nSPS) is 10.4. The van der Waals surface area contributed by atoms with Crippen LogP contribution in [0.2, 0.25) is 0 Å². The van der Waals surface area contributed by atoms with Gasteiger partial charge in [-0.1, -0.05) is 12.1 Å². The SMILES string of the molecule is Fc1ccc(CNc2ccc(-n3cccn3)cc2)cc1. The van der Waals surface area contributed by atoms with Gasteiger partial charge in [-0.05, 0) is 48.0 Å². The van der Waals surface area contributed by atoms with E-state index in [1.54, 1.807) is 18.3 Å². The summed E-state index contributed by atoms with van der Waals surface area (Å²) in [4.78, 5) is 0. The number of benzene rings is 2. The summed E-state index contributed by atoms with van der Waals surface area (Å²) in [5, 5.41) is 7.48. The first-order chi connectivity index (χ1) is 9.81. The molecule has 0 fully saturated rings. The monoisotopic (exact) mass is 267 g/mol. The zero-order valence-corrected chi connectivity index (χ0v) is 10.8. The third kappa shape index (κ3) is 2.85. The van der Waals surface area contributed by atoms with Gasteiger partial charge >= 0.3 is 0 Å². The molecular weight excluding hydrogens is 253 g/mol. The second-order valence-electron chi connectivity index (χ2n) is 4.48. The van der Waals surface area contributed by atoms with Crippen molar-refractivity contribution in [2.45, 2.75) is 6.54 Å². The van der Waals surface area contributed by atoms with Crippen molar-refractivity contribution in [1.29, 1.82) is 0 Å². The van der Waals surface area contributed by atoms with Crippen LogP contribution in [-0.4, -0.2) is 9.78 Å². The third-order valence-electron chi connectivity index (χ3n) is 3.05. The molecule has 4 heteroatoms. The highest BCUT2D eigenvalue weighted by molar-refractivity contribution is 5.48. The van der Waals surface area contributed by atoms with Crippen molar-refractivity contribution in [2.24, 2.45) is 0 Å². The van der Waals surface area contributed by atoms with Crippen LogP contribution in [0.1, 0.15) is 5.56 Å². The molecule has 1 heterocycles. The molecule has 2 aromatic carbocycles. The minimum absolute atomic E-state index is 0.211. The van der Waals surface area contributed by atoms with Crippen LogP contribution in [0, 0.1) is 5.82 Å². The minimum atomic E-state index is -0.211. The highest BCUT2D eigenvalue weighted by Gasteiger charge is 1.98. The summed E-state index contributed by atoms with van der Waals surface area (Å²) in [5.74, 6) is -0.211. The third-order valence-corrected chi connectivity index (χ3v) is 3.05. The molecule has 20 heavy (non-hydrogen) atoms. The minimum Gasteiger partial charge on any atom is -0.381 e. The predicted molar refractivity (Wildman–Crippen MR) is 77.3 cm³/mol. The average molecular weight is 267 g/mol. The van der Waals surface area contributed by atoms with E-state index in [1.807, 2.05) is 41.2 Å². The topological polar surface area (TPSA) is 29.9 Å². The Morgan fingerprint density at radius 3 is 2.40 bits per heavy atom. The fourth-order valence-electron chi connectivity index (χ4n) is 1.96. The average Bonchev–Trinajstić information content (AvgIpc) is 3.01. The van der Waals surface area contributed by atoms with Crippen molar-refractivity contribution in [2.75, 3.05) is 5.32 Å². The van der Waals surface area contributed by atoms with Gasteiger partial charge in [-0.3, -0.25) is 0 Å². The van der Waals surface area contributed by atoms with E-state index in [0.29, 0.717) is 6.54 Å². The van der Waals surface area contributed by atoms with Gasteiger partial charge in [-0.2, -0.15) is 5.10 Å². The second kappa shape index (κ2) is 5.57. The van der Waals surface area contributed by atoms with Crippen LogP contribution in [0.3, 0.4) is 0 Å². The highest BCUT2D eigenvalue weighted by Crippen LogP contribution is 2.14. The number of anilines is 1. The van der Waals surface area contributed by atoms with Crippen LogP contribution in [-0.2, 0) is 6.54 Å². The Hall–Kier alpha value is -2.62. The van der Waals surface area contributed by atoms with Crippen LogP contribution < -0.4 is 5.32 Å². The number of nitrogens with one attached hydrogen (secondary N) is 1. The first-order valence-electron chi connectivity index (χ1n) is 6.40. The molecule has 1 aromatic heterocycles. The van der Waals surface area contributed by atoms with Crippen LogP contribution in [0.15, 0.2) is 67.0 Å². The quantitative estimate of drug-likeness (QED) is 0.782. The molecule has 0 aliphatic carbocycles. The maximum absolute atomic E-state index is 12.8. The number of hydrogen-bond acceptors (Lipinski definition) is 2. The molecule has 3 nitrogen and oxygen atoms in total. The zero-order valence-electron chi connectivity index (χ0n) is 10.8. The van der Waals surface area contributed by atoms with Gasteiger partial charge in [0.25, 0.3) is 0 Å². The van der Waals surface area contributed by atoms with E-state index >= 15 is 0 Å². The largest absolute Gasteiger partial charge is 0.381 e. The van der Waals surface area contributed by atoms with E-state index in [4.69, 9.17) is 0 Å². The van der Waals surface area contributed by atoms with Crippen molar-refractivity contribution >= 4 is 5.69 Å². The first kappa shape index (κ1) is 12.4. The maximum atomic E-state index is 12.8. The Morgan fingerprint density at radius 2 is 1.75 bits per heavy atom. The summed E-state index contributed by atoms with van der Waals surface area (Å²) in [7, 11) is 0. The molecule has 0 bridgehead atoms. The predicted octanol–water partition coefficient (Wildman–Crippen LogP) is 3.62. The Bertz CT molecular complexity index is 658. The van der Waals surface area contributed by atoms with Gasteiger partial charge in [0.1, 0.15) is 5.82 Å². The van der Waals surface area contributed by atoms with Crippen molar-refractivity contribution in [3.05, 3.63) is 78.4 Å². The van der Waals surface area contributed by atoms with Gasteiger partial charge in [0.2, 0.25) is 0 Å². The zero-order chi connectivity index (χ0) is 13.8. The number of rotatable bonds is 4. The van der Waals surface area contributed by atoms with E-state index in [0.717, 1.165) is 16.9 Å². The molecule has 0 aliphatic rings. The number of nitrogens with zero attached hydrogens (tertiary/aromatic N) is 2. The summed E-state index contributed by atoms with van der Waals surface area (Å²) in [5.41, 5.74) is 3.08. The molecule has 0 aliphatic heterocycles. The van der Waals surface area contributed by atoms with Crippen LogP contribution in [0.5, 0.6) is 0 Å². The van der Waals surface area contributed by atoms with Gasteiger partial charge in [-0.25, -0.2) is 9.07 Å². The van der Waals surface area contributed by atoms with Gasteiger partial charge in [0, 0.05) is 24.6 Å². The van der Waals surface area contributed by atoms with Gasteiger partial charge in [-0.15, -0.1) is 0 Å². The maximum Gasteiger partial charge on any atom is 0.123 e. The Balaban J connectivity index is 1.65. The molecule has 0 saturated carbocycles. The molecule has 1 N–H and O–H groups in total.